The molecule has 0 N–H and O–H groups in total. The third-order valence-corrected chi connectivity index (χ3v) is 1.60. The van der Waals surface area contributed by atoms with Crippen molar-refractivity contribution < 1.29 is 0 Å². The molecule has 0 unspecified atom stereocenters. The lowest BCUT2D eigenvalue weighted by Gasteiger charge is -1.90. The Morgan fingerprint density at radius 1 is 0.800 bits per heavy atom. The van der Waals surface area contributed by atoms with E-state index >= 15 is 0 Å². The van der Waals surface area contributed by atoms with Crippen molar-refractivity contribution >= 4 is 0 Å². The fourth-order valence-electron chi connectivity index (χ4n) is 0.915. The molecule has 0 spiro atoms. The van der Waals surface area contributed by atoms with E-state index in [2.05, 4.69) is 26.0 Å². The second-order valence-corrected chi connectivity index (χ2v) is 2.76. The first kappa shape index (κ1) is 9.74. The summed E-state index contributed by atoms with van der Waals surface area (Å²) in [4.78, 5) is 0. The molecule has 0 rings (SSSR count). The van der Waals surface area contributed by atoms with Gasteiger partial charge in [-0.15, -0.1) is 0 Å². The Hall–Kier alpha value is -0.260. The van der Waals surface area contributed by atoms with E-state index in [1.54, 1.807) is 0 Å². The Labute approximate surface area is 65.3 Å². The standard InChI is InChI=1S/C10H20/c1-3-5-7-9-10-8-6-4-2/h7,9H,3-6,8,10H2,1-2H3/b9-7+. The predicted molar refractivity (Wildman–Crippen MR) is 48.2 cm³/mol. The van der Waals surface area contributed by atoms with Crippen LogP contribution in [0.15, 0.2) is 12.2 Å². The van der Waals surface area contributed by atoms with E-state index in [0.29, 0.717) is 0 Å². The average molecular weight is 140 g/mol. The van der Waals surface area contributed by atoms with Crippen molar-refractivity contribution in [2.24, 2.45) is 0 Å². The van der Waals surface area contributed by atoms with Crippen LogP contribution in [-0.4, -0.2) is 0 Å². The highest BCUT2D eigenvalue weighted by molar-refractivity contribution is 4.80. The van der Waals surface area contributed by atoms with Gasteiger partial charge in [0.1, 0.15) is 0 Å². The first-order valence-corrected chi connectivity index (χ1v) is 4.56. The van der Waals surface area contributed by atoms with E-state index in [0.717, 1.165) is 0 Å². The molecule has 0 atom stereocenters. The fraction of sp³-hybridized carbons (Fsp3) is 0.800. The van der Waals surface area contributed by atoms with Gasteiger partial charge in [-0.2, -0.15) is 0 Å². The molecule has 0 amide bonds. The molecule has 0 aliphatic carbocycles. The maximum atomic E-state index is 2.32. The maximum Gasteiger partial charge on any atom is -0.0351 e. The lowest BCUT2D eigenvalue weighted by atomic mass is 10.2. The summed E-state index contributed by atoms with van der Waals surface area (Å²) < 4.78 is 0. The van der Waals surface area contributed by atoms with Gasteiger partial charge in [-0.05, 0) is 19.3 Å². The second kappa shape index (κ2) is 8.74. The van der Waals surface area contributed by atoms with Crippen LogP contribution in [0.2, 0.25) is 0 Å². The summed E-state index contributed by atoms with van der Waals surface area (Å²) in [5.41, 5.74) is 0. The van der Waals surface area contributed by atoms with Crippen molar-refractivity contribution in [3.63, 3.8) is 0 Å². The van der Waals surface area contributed by atoms with Crippen molar-refractivity contribution in [2.45, 2.75) is 52.4 Å². The van der Waals surface area contributed by atoms with Crippen molar-refractivity contribution in [1.29, 1.82) is 0 Å². The predicted octanol–water partition coefficient (Wildman–Crippen LogP) is 3.92. The van der Waals surface area contributed by atoms with E-state index in [-0.39, 0.29) is 0 Å². The molecule has 0 heteroatoms. The molecule has 0 nitrogen and oxygen atoms in total. The van der Waals surface area contributed by atoms with Gasteiger partial charge in [-0.25, -0.2) is 0 Å². The quantitative estimate of drug-likeness (QED) is 0.387. The molecule has 10 heavy (non-hydrogen) atoms. The number of hydrogen-bond donors (Lipinski definition) is 0. The highest BCUT2D eigenvalue weighted by Gasteiger charge is 1.80. The number of unbranched alkanes of at least 4 members (excludes halogenated alkanes) is 4. The van der Waals surface area contributed by atoms with Crippen LogP contribution in [0.5, 0.6) is 0 Å². The van der Waals surface area contributed by atoms with Crippen molar-refractivity contribution in [3.8, 4) is 0 Å². The van der Waals surface area contributed by atoms with E-state index in [1.165, 1.54) is 38.5 Å². The molecule has 0 fully saturated rings. The smallest absolute Gasteiger partial charge is 0.0351 e. The van der Waals surface area contributed by atoms with Gasteiger partial charge >= 0.3 is 0 Å². The minimum atomic E-state index is 1.26. The number of rotatable bonds is 6. The average Bonchev–Trinajstić information content (AvgIpc) is 1.97. The van der Waals surface area contributed by atoms with Crippen LogP contribution in [0.3, 0.4) is 0 Å². The van der Waals surface area contributed by atoms with Crippen molar-refractivity contribution in [3.05, 3.63) is 12.2 Å². The van der Waals surface area contributed by atoms with Gasteiger partial charge in [0.05, 0.1) is 0 Å². The summed E-state index contributed by atoms with van der Waals surface area (Å²) in [6, 6.07) is 0. The van der Waals surface area contributed by atoms with E-state index in [9.17, 15) is 0 Å². The van der Waals surface area contributed by atoms with Gasteiger partial charge < -0.3 is 0 Å². The summed E-state index contributed by atoms with van der Waals surface area (Å²) in [5.74, 6) is 0. The minimum absolute atomic E-state index is 1.26. The molecule has 0 saturated carbocycles. The number of hydrogen-bond acceptors (Lipinski definition) is 0. The highest BCUT2D eigenvalue weighted by atomic mass is 13.9. The van der Waals surface area contributed by atoms with Crippen LogP contribution in [0.1, 0.15) is 52.4 Å². The third-order valence-electron chi connectivity index (χ3n) is 1.60. The lowest BCUT2D eigenvalue weighted by molar-refractivity contribution is 0.727. The molecule has 0 heterocycles. The van der Waals surface area contributed by atoms with E-state index < -0.39 is 0 Å². The van der Waals surface area contributed by atoms with Crippen LogP contribution in [0.25, 0.3) is 0 Å². The molecule has 60 valence electrons. The zero-order chi connectivity index (χ0) is 7.66. The SMILES string of the molecule is CCC/C=C/CCCCC. The van der Waals surface area contributed by atoms with Crippen LogP contribution in [-0.2, 0) is 0 Å². The zero-order valence-corrected chi connectivity index (χ0v) is 7.40. The van der Waals surface area contributed by atoms with Crippen molar-refractivity contribution in [2.75, 3.05) is 0 Å². The highest BCUT2D eigenvalue weighted by Crippen LogP contribution is 2.00. The summed E-state index contributed by atoms with van der Waals surface area (Å²) >= 11 is 0. The summed E-state index contributed by atoms with van der Waals surface area (Å²) in [6.45, 7) is 4.46. The molecule has 0 radical (unpaired) electrons. The molecular weight excluding hydrogens is 120 g/mol. The Morgan fingerprint density at radius 3 is 2.10 bits per heavy atom. The second-order valence-electron chi connectivity index (χ2n) is 2.76. The monoisotopic (exact) mass is 140 g/mol. The molecule has 0 aromatic carbocycles. The van der Waals surface area contributed by atoms with Gasteiger partial charge in [0.15, 0.2) is 0 Å². The molecule has 0 bridgehead atoms. The summed E-state index contributed by atoms with van der Waals surface area (Å²) in [6.07, 6.45) is 12.5. The van der Waals surface area contributed by atoms with Gasteiger partial charge in [-0.3, -0.25) is 0 Å². The molecule has 0 aliphatic rings. The van der Waals surface area contributed by atoms with E-state index in [1.807, 2.05) is 0 Å². The first-order chi connectivity index (χ1) is 4.91. The van der Waals surface area contributed by atoms with Gasteiger partial charge in [0.2, 0.25) is 0 Å². The van der Waals surface area contributed by atoms with Crippen LogP contribution >= 0.6 is 0 Å². The van der Waals surface area contributed by atoms with Crippen LogP contribution in [0.4, 0.5) is 0 Å². The Balaban J connectivity index is 2.88. The topological polar surface area (TPSA) is 0 Å². The maximum absolute atomic E-state index is 2.32. The molecule has 0 aromatic rings. The third kappa shape index (κ3) is 7.74. The summed E-state index contributed by atoms with van der Waals surface area (Å²) in [5, 5.41) is 0. The summed E-state index contributed by atoms with van der Waals surface area (Å²) in [7, 11) is 0. The Kier molecular flexibility index (Phi) is 8.51. The number of allylic oxidation sites excluding steroid dienone is 2. The Morgan fingerprint density at radius 2 is 1.50 bits per heavy atom. The molecule has 0 aromatic heterocycles. The van der Waals surface area contributed by atoms with Crippen molar-refractivity contribution in [1.82, 2.24) is 0 Å². The van der Waals surface area contributed by atoms with Gasteiger partial charge in [-0.1, -0.05) is 45.3 Å². The van der Waals surface area contributed by atoms with Gasteiger partial charge in [0, 0.05) is 0 Å². The first-order valence-electron chi connectivity index (χ1n) is 4.56. The zero-order valence-electron chi connectivity index (χ0n) is 7.40. The molecule has 0 aliphatic heterocycles. The minimum Gasteiger partial charge on any atom is -0.0885 e. The molecule has 0 saturated heterocycles. The normalized spacial score (nSPS) is 11.0. The largest absolute Gasteiger partial charge is 0.0885 e. The van der Waals surface area contributed by atoms with E-state index in [4.69, 9.17) is 0 Å². The fourth-order valence-corrected chi connectivity index (χ4v) is 0.915. The molecular formula is C10H20. The lowest BCUT2D eigenvalue weighted by Crippen LogP contribution is -1.70. The van der Waals surface area contributed by atoms with Crippen LogP contribution < -0.4 is 0 Å². The Bertz CT molecular complexity index is 72.1. The van der Waals surface area contributed by atoms with Crippen LogP contribution in [0, 0.1) is 0 Å². The van der Waals surface area contributed by atoms with Gasteiger partial charge in [0.25, 0.3) is 0 Å².